The molecule has 0 radical (unpaired) electrons. The summed E-state index contributed by atoms with van der Waals surface area (Å²) < 4.78 is 5.86. The third kappa shape index (κ3) is 5.01. The first kappa shape index (κ1) is 21.9. The van der Waals surface area contributed by atoms with Gasteiger partial charge in [0.25, 0.3) is 5.91 Å². The molecule has 0 spiro atoms. The van der Waals surface area contributed by atoms with Crippen LogP contribution in [0.1, 0.15) is 54.0 Å². The molecule has 0 saturated heterocycles. The summed E-state index contributed by atoms with van der Waals surface area (Å²) in [4.78, 5) is 28.8. The van der Waals surface area contributed by atoms with Gasteiger partial charge in [-0.3, -0.25) is 9.59 Å². The van der Waals surface area contributed by atoms with Crippen molar-refractivity contribution in [2.45, 2.75) is 32.2 Å². The Kier molecular flexibility index (Phi) is 6.80. The number of oxazole rings is 1. The van der Waals surface area contributed by atoms with Crippen LogP contribution in [0, 0.1) is 0 Å². The smallest absolute Gasteiger partial charge is 0.305 e. The average Bonchev–Trinajstić information content (AvgIpc) is 3.14. The summed E-state index contributed by atoms with van der Waals surface area (Å²) in [5.74, 6) is -0.985. The maximum absolute atomic E-state index is 13.1. The van der Waals surface area contributed by atoms with E-state index in [0.29, 0.717) is 22.2 Å². The minimum absolute atomic E-state index is 0.104. The number of nitrogens with one attached hydrogen (secondary N) is 1. The van der Waals surface area contributed by atoms with Crippen LogP contribution in [0.5, 0.6) is 0 Å². The van der Waals surface area contributed by atoms with Gasteiger partial charge in [0.15, 0.2) is 5.69 Å². The highest BCUT2D eigenvalue weighted by Gasteiger charge is 2.27. The van der Waals surface area contributed by atoms with E-state index < -0.39 is 17.9 Å². The summed E-state index contributed by atoms with van der Waals surface area (Å²) in [5, 5.41) is 12.7. The van der Waals surface area contributed by atoms with E-state index in [9.17, 15) is 14.7 Å². The molecule has 0 bridgehead atoms. The number of aromatic nitrogens is 1. The number of carbonyl (C=O) groups excluding carboxylic acids is 1. The molecule has 1 heterocycles. The van der Waals surface area contributed by atoms with Gasteiger partial charge in [0.2, 0.25) is 5.89 Å². The zero-order chi connectivity index (χ0) is 21.8. The lowest BCUT2D eigenvalue weighted by atomic mass is 10.0. The molecule has 2 aromatic carbocycles. The molecule has 156 valence electrons. The highest BCUT2D eigenvalue weighted by atomic mass is 35.5. The Morgan fingerprint density at radius 1 is 1.13 bits per heavy atom. The number of benzene rings is 2. The first-order valence-electron chi connectivity index (χ1n) is 9.30. The number of hydrogen-bond donors (Lipinski definition) is 2. The minimum atomic E-state index is -1.08. The summed E-state index contributed by atoms with van der Waals surface area (Å²) >= 11 is 12.2. The molecule has 1 amide bonds. The van der Waals surface area contributed by atoms with E-state index >= 15 is 0 Å². The molecule has 0 unspecified atom stereocenters. The molecule has 0 fully saturated rings. The highest BCUT2D eigenvalue weighted by Crippen LogP contribution is 2.30. The fraction of sp³-hybridized carbons (Fsp3) is 0.227. The van der Waals surface area contributed by atoms with Crippen molar-refractivity contribution in [1.29, 1.82) is 0 Å². The van der Waals surface area contributed by atoms with E-state index in [0.717, 1.165) is 5.56 Å². The number of hydrogen-bond acceptors (Lipinski definition) is 4. The van der Waals surface area contributed by atoms with Gasteiger partial charge in [-0.25, -0.2) is 4.98 Å². The Morgan fingerprint density at radius 3 is 2.43 bits per heavy atom. The second kappa shape index (κ2) is 9.32. The van der Waals surface area contributed by atoms with Crippen LogP contribution in [-0.4, -0.2) is 22.0 Å². The van der Waals surface area contributed by atoms with E-state index in [1.165, 1.54) is 6.07 Å². The van der Waals surface area contributed by atoms with E-state index in [4.69, 9.17) is 27.6 Å². The fourth-order valence-electron chi connectivity index (χ4n) is 3.01. The molecule has 1 atom stereocenters. The summed E-state index contributed by atoms with van der Waals surface area (Å²) in [6, 6.07) is 13.1. The first-order chi connectivity index (χ1) is 14.3. The van der Waals surface area contributed by atoms with Gasteiger partial charge in [0.05, 0.1) is 12.5 Å². The van der Waals surface area contributed by atoms with Gasteiger partial charge < -0.3 is 14.8 Å². The topological polar surface area (TPSA) is 92.4 Å². The van der Waals surface area contributed by atoms with Crippen molar-refractivity contribution in [2.75, 3.05) is 0 Å². The minimum Gasteiger partial charge on any atom is -0.481 e. The lowest BCUT2D eigenvalue weighted by molar-refractivity contribution is -0.137. The monoisotopic (exact) mass is 446 g/mol. The number of amides is 1. The normalized spacial score (nSPS) is 12.0. The van der Waals surface area contributed by atoms with E-state index in [-0.39, 0.29) is 23.1 Å². The average molecular weight is 447 g/mol. The molecule has 30 heavy (non-hydrogen) atoms. The number of halogens is 2. The number of nitrogens with zero attached hydrogens (tertiary/aromatic N) is 1. The molecular weight excluding hydrogens is 427 g/mol. The predicted octanol–water partition coefficient (Wildman–Crippen LogP) is 5.72. The molecule has 0 saturated carbocycles. The van der Waals surface area contributed by atoms with Crippen molar-refractivity contribution < 1.29 is 19.1 Å². The molecule has 8 heteroatoms. The van der Waals surface area contributed by atoms with Gasteiger partial charge in [-0.2, -0.15) is 0 Å². The predicted molar refractivity (Wildman–Crippen MR) is 115 cm³/mol. The summed E-state index contributed by atoms with van der Waals surface area (Å²) in [7, 11) is 0. The molecule has 3 rings (SSSR count). The Balaban J connectivity index is 1.95. The third-order valence-electron chi connectivity index (χ3n) is 4.44. The zero-order valence-corrected chi connectivity index (χ0v) is 17.9. The number of carboxylic acid groups (broad SMARTS) is 1. The van der Waals surface area contributed by atoms with Crippen molar-refractivity contribution in [3.05, 3.63) is 75.6 Å². The van der Waals surface area contributed by atoms with Crippen molar-refractivity contribution >= 4 is 35.1 Å². The van der Waals surface area contributed by atoms with Crippen molar-refractivity contribution in [2.24, 2.45) is 0 Å². The van der Waals surface area contributed by atoms with Gasteiger partial charge in [-0.05, 0) is 29.8 Å². The van der Waals surface area contributed by atoms with E-state index in [1.54, 1.807) is 12.1 Å². The van der Waals surface area contributed by atoms with Gasteiger partial charge >= 0.3 is 5.97 Å². The third-order valence-corrected chi connectivity index (χ3v) is 5.00. The zero-order valence-electron chi connectivity index (χ0n) is 16.4. The number of rotatable bonds is 7. The quantitative estimate of drug-likeness (QED) is 0.484. The van der Waals surface area contributed by atoms with Crippen molar-refractivity contribution in [1.82, 2.24) is 10.3 Å². The molecule has 1 aromatic heterocycles. The summed E-state index contributed by atoms with van der Waals surface area (Å²) in [5.41, 5.74) is 1.31. The van der Waals surface area contributed by atoms with Gasteiger partial charge in [0.1, 0.15) is 5.76 Å². The Labute approximate surface area is 183 Å². The second-order valence-corrected chi connectivity index (χ2v) is 7.89. The molecule has 0 aliphatic heterocycles. The number of aliphatic carboxylic acids is 1. The Morgan fingerprint density at radius 2 is 1.83 bits per heavy atom. The first-order valence-corrected chi connectivity index (χ1v) is 10.1. The summed E-state index contributed by atoms with van der Waals surface area (Å²) in [6.45, 7) is 3.77. The van der Waals surface area contributed by atoms with Crippen molar-refractivity contribution in [3.63, 3.8) is 0 Å². The van der Waals surface area contributed by atoms with Crippen LogP contribution in [0.3, 0.4) is 0 Å². The number of carboxylic acids is 1. The fourth-order valence-corrected chi connectivity index (χ4v) is 3.55. The SMILES string of the molecule is CC(C)c1oc(-c2ccccc2)nc1C(=O)N[C@@H](CC(=O)O)c1ccc(Cl)cc1Cl. The maximum atomic E-state index is 13.1. The molecule has 0 aliphatic carbocycles. The summed E-state index contributed by atoms with van der Waals surface area (Å²) in [6.07, 6.45) is -0.354. The molecule has 2 N–H and O–H groups in total. The van der Waals surface area contributed by atoms with Gasteiger partial charge in [0, 0.05) is 21.5 Å². The highest BCUT2D eigenvalue weighted by molar-refractivity contribution is 6.35. The second-order valence-electron chi connectivity index (χ2n) is 7.04. The van der Waals surface area contributed by atoms with E-state index in [2.05, 4.69) is 10.3 Å². The molecule has 0 aliphatic rings. The van der Waals surface area contributed by atoms with Crippen LogP contribution in [0.2, 0.25) is 10.0 Å². The van der Waals surface area contributed by atoms with Gasteiger partial charge in [-0.15, -0.1) is 0 Å². The standard InChI is InChI=1S/C22H20Cl2N2O4/c1-12(2)20-19(26-22(30-20)13-6-4-3-5-7-13)21(29)25-17(11-18(27)28)15-9-8-14(23)10-16(15)24/h3-10,12,17H,11H2,1-2H3,(H,25,29)(H,27,28)/t17-/m0/s1. The lowest BCUT2D eigenvalue weighted by Gasteiger charge is -2.18. The van der Waals surface area contributed by atoms with Crippen molar-refractivity contribution in [3.8, 4) is 11.5 Å². The molecular formula is C22H20Cl2N2O4. The van der Waals surface area contributed by atoms with Crippen LogP contribution >= 0.6 is 23.2 Å². The number of carbonyl (C=O) groups is 2. The Hall–Kier alpha value is -2.83. The van der Waals surface area contributed by atoms with E-state index in [1.807, 2.05) is 44.2 Å². The van der Waals surface area contributed by atoms with Crippen LogP contribution in [0.15, 0.2) is 52.9 Å². The molecule has 6 nitrogen and oxygen atoms in total. The largest absolute Gasteiger partial charge is 0.481 e. The molecule has 3 aromatic rings. The van der Waals surface area contributed by atoms with Gasteiger partial charge in [-0.1, -0.05) is 61.3 Å². The lowest BCUT2D eigenvalue weighted by Crippen LogP contribution is -2.31. The Bertz CT molecular complexity index is 1060. The van der Waals surface area contributed by atoms with Crippen LogP contribution in [0.25, 0.3) is 11.5 Å². The maximum Gasteiger partial charge on any atom is 0.305 e. The van der Waals surface area contributed by atoms with Crippen LogP contribution in [-0.2, 0) is 4.79 Å². The van der Waals surface area contributed by atoms with Crippen LogP contribution in [0.4, 0.5) is 0 Å². The van der Waals surface area contributed by atoms with Crippen LogP contribution < -0.4 is 5.32 Å².